The summed E-state index contributed by atoms with van der Waals surface area (Å²) in [7, 11) is -1.07. The fourth-order valence-electron chi connectivity index (χ4n) is 3.40. The first-order chi connectivity index (χ1) is 16.9. The summed E-state index contributed by atoms with van der Waals surface area (Å²) in [6, 6.07) is 8.48. The molecule has 0 bridgehead atoms. The van der Waals surface area contributed by atoms with Crippen molar-refractivity contribution in [2.45, 2.75) is 32.9 Å². The highest BCUT2D eigenvalue weighted by Gasteiger charge is 2.31. The zero-order valence-electron chi connectivity index (χ0n) is 20.9. The second-order valence-electron chi connectivity index (χ2n) is 8.03. The molecule has 9 nitrogen and oxygen atoms in total. The highest BCUT2D eigenvalue weighted by molar-refractivity contribution is 7.92. The average molecular weight is 561 g/mol. The first kappa shape index (κ1) is 29.5. The lowest BCUT2D eigenvalue weighted by atomic mass is 10.1. The highest BCUT2D eigenvalue weighted by atomic mass is 35.5. The molecule has 2 amide bonds. The third-order valence-electron chi connectivity index (χ3n) is 5.41. The molecule has 0 heterocycles. The number of sulfonamides is 1. The van der Waals surface area contributed by atoms with E-state index in [9.17, 15) is 18.0 Å². The van der Waals surface area contributed by atoms with Crippen molar-refractivity contribution >= 4 is 50.7 Å². The molecule has 0 aliphatic heterocycles. The lowest BCUT2D eigenvalue weighted by molar-refractivity contribution is -0.139. The Hall–Kier alpha value is -2.69. The van der Waals surface area contributed by atoms with E-state index in [2.05, 4.69) is 5.32 Å². The van der Waals surface area contributed by atoms with Crippen molar-refractivity contribution in [3.8, 4) is 11.5 Å². The van der Waals surface area contributed by atoms with Crippen LogP contribution in [0.25, 0.3) is 0 Å². The van der Waals surface area contributed by atoms with Gasteiger partial charge in [-0.2, -0.15) is 0 Å². The molecule has 1 N–H and O–H groups in total. The van der Waals surface area contributed by atoms with Gasteiger partial charge in [-0.05, 0) is 43.2 Å². The van der Waals surface area contributed by atoms with E-state index in [1.807, 2.05) is 6.92 Å². The number of carbonyl (C=O) groups excluding carboxylic acids is 2. The topological polar surface area (TPSA) is 105 Å². The van der Waals surface area contributed by atoms with Crippen LogP contribution in [-0.4, -0.2) is 64.7 Å². The third-order valence-corrected chi connectivity index (χ3v) is 7.12. The van der Waals surface area contributed by atoms with Crippen molar-refractivity contribution in [2.75, 3.05) is 37.9 Å². The maximum Gasteiger partial charge on any atom is 0.244 e. The van der Waals surface area contributed by atoms with Gasteiger partial charge in [0.1, 0.15) is 24.1 Å². The van der Waals surface area contributed by atoms with Gasteiger partial charge in [0.15, 0.2) is 0 Å². The van der Waals surface area contributed by atoms with E-state index in [1.54, 1.807) is 25.1 Å². The number of nitrogens with zero attached hydrogens (tertiary/aromatic N) is 2. The van der Waals surface area contributed by atoms with Crippen LogP contribution in [0.1, 0.15) is 25.8 Å². The van der Waals surface area contributed by atoms with E-state index in [0.717, 1.165) is 10.6 Å². The Labute approximate surface area is 222 Å². The number of rotatable bonds is 12. The summed E-state index contributed by atoms with van der Waals surface area (Å²) in [6.07, 6.45) is 1.70. The highest BCUT2D eigenvalue weighted by Crippen LogP contribution is 2.34. The molecule has 12 heteroatoms. The van der Waals surface area contributed by atoms with Crippen LogP contribution in [0.3, 0.4) is 0 Å². The number of halogens is 2. The summed E-state index contributed by atoms with van der Waals surface area (Å²) < 4.78 is 37.0. The predicted octanol–water partition coefficient (Wildman–Crippen LogP) is 3.72. The van der Waals surface area contributed by atoms with Crippen LogP contribution < -0.4 is 19.1 Å². The third kappa shape index (κ3) is 7.65. The van der Waals surface area contributed by atoms with Gasteiger partial charge in [-0.3, -0.25) is 13.9 Å². The van der Waals surface area contributed by atoms with Gasteiger partial charge in [0, 0.05) is 29.2 Å². The van der Waals surface area contributed by atoms with Gasteiger partial charge in [-0.15, -0.1) is 0 Å². The normalized spacial score (nSPS) is 12.0. The first-order valence-electron chi connectivity index (χ1n) is 11.1. The van der Waals surface area contributed by atoms with E-state index < -0.39 is 28.5 Å². The van der Waals surface area contributed by atoms with Crippen LogP contribution in [0.5, 0.6) is 11.5 Å². The SMILES string of the molecule is CCCNC(=O)[C@H](C)N(Cc1ccc(Cl)cc1Cl)C(=O)CN(c1ccc(OC)cc1OC)S(C)(=O)=O. The van der Waals surface area contributed by atoms with E-state index in [1.165, 1.54) is 37.3 Å². The summed E-state index contributed by atoms with van der Waals surface area (Å²) in [5, 5.41) is 3.51. The fraction of sp³-hybridized carbons (Fsp3) is 0.417. The minimum atomic E-state index is -3.92. The van der Waals surface area contributed by atoms with Gasteiger partial charge < -0.3 is 19.7 Å². The lowest BCUT2D eigenvalue weighted by Gasteiger charge is -2.32. The van der Waals surface area contributed by atoms with Gasteiger partial charge in [-0.1, -0.05) is 36.2 Å². The maximum absolute atomic E-state index is 13.6. The largest absolute Gasteiger partial charge is 0.497 e. The Morgan fingerprint density at radius 2 is 1.78 bits per heavy atom. The van der Waals surface area contributed by atoms with Gasteiger partial charge in [0.05, 0.1) is 26.2 Å². The fourth-order valence-corrected chi connectivity index (χ4v) is 4.72. The maximum atomic E-state index is 13.6. The summed E-state index contributed by atoms with van der Waals surface area (Å²) in [5.74, 6) is -0.323. The van der Waals surface area contributed by atoms with Crippen LogP contribution in [0.2, 0.25) is 10.0 Å². The molecular formula is C24H31Cl2N3O6S. The molecule has 0 fully saturated rings. The van der Waals surface area contributed by atoms with Crippen LogP contribution in [-0.2, 0) is 26.2 Å². The van der Waals surface area contributed by atoms with Crippen molar-refractivity contribution in [1.82, 2.24) is 10.2 Å². The quantitative estimate of drug-likeness (QED) is 0.425. The molecular weight excluding hydrogens is 529 g/mol. The number of ether oxygens (including phenoxy) is 2. The Kier molecular flexibility index (Phi) is 10.7. The Bertz CT molecular complexity index is 1190. The zero-order valence-corrected chi connectivity index (χ0v) is 23.2. The van der Waals surface area contributed by atoms with Crippen molar-refractivity contribution in [1.29, 1.82) is 0 Å². The summed E-state index contributed by atoms with van der Waals surface area (Å²) in [6.45, 7) is 3.31. The van der Waals surface area contributed by atoms with Crippen LogP contribution in [0.4, 0.5) is 5.69 Å². The number of anilines is 1. The molecule has 0 radical (unpaired) electrons. The predicted molar refractivity (Wildman–Crippen MR) is 142 cm³/mol. The number of amides is 2. The minimum Gasteiger partial charge on any atom is -0.497 e. The summed E-state index contributed by atoms with van der Waals surface area (Å²) in [5.41, 5.74) is 0.708. The Morgan fingerprint density at radius 1 is 1.08 bits per heavy atom. The van der Waals surface area contributed by atoms with Gasteiger partial charge >= 0.3 is 0 Å². The summed E-state index contributed by atoms with van der Waals surface area (Å²) in [4.78, 5) is 27.7. The Morgan fingerprint density at radius 3 is 2.33 bits per heavy atom. The van der Waals surface area contributed by atoms with Crippen molar-refractivity contribution in [2.24, 2.45) is 0 Å². The van der Waals surface area contributed by atoms with E-state index in [4.69, 9.17) is 32.7 Å². The van der Waals surface area contributed by atoms with Crippen LogP contribution in [0, 0.1) is 0 Å². The number of carbonyl (C=O) groups is 2. The van der Waals surface area contributed by atoms with E-state index >= 15 is 0 Å². The number of nitrogens with one attached hydrogen (secondary N) is 1. The molecule has 0 aromatic heterocycles. The molecule has 0 spiro atoms. The molecule has 0 aliphatic rings. The molecule has 0 unspecified atom stereocenters. The smallest absolute Gasteiger partial charge is 0.244 e. The number of hydrogen-bond acceptors (Lipinski definition) is 6. The number of benzene rings is 2. The molecule has 198 valence electrons. The monoisotopic (exact) mass is 559 g/mol. The second kappa shape index (κ2) is 13.0. The van der Waals surface area contributed by atoms with E-state index in [-0.39, 0.29) is 23.9 Å². The average Bonchev–Trinajstić information content (AvgIpc) is 2.83. The Balaban J connectivity index is 2.48. The number of methoxy groups -OCH3 is 2. The molecule has 36 heavy (non-hydrogen) atoms. The van der Waals surface area contributed by atoms with Crippen molar-refractivity contribution < 1.29 is 27.5 Å². The lowest BCUT2D eigenvalue weighted by Crippen LogP contribution is -2.51. The van der Waals surface area contributed by atoms with Crippen LogP contribution >= 0.6 is 23.2 Å². The molecule has 0 saturated carbocycles. The van der Waals surface area contributed by atoms with E-state index in [0.29, 0.717) is 34.3 Å². The molecule has 0 aliphatic carbocycles. The zero-order chi connectivity index (χ0) is 27.0. The standard InChI is InChI=1S/C24H31Cl2N3O6S/c1-6-11-27-24(31)16(2)28(14-17-7-8-18(25)12-20(17)26)23(30)15-29(36(5,32)33)21-10-9-19(34-3)13-22(21)35-4/h7-10,12-13,16H,6,11,14-15H2,1-5H3,(H,27,31)/t16-/m0/s1. The molecule has 2 aromatic carbocycles. The second-order valence-corrected chi connectivity index (χ2v) is 10.8. The van der Waals surface area contributed by atoms with Gasteiger partial charge in [0.25, 0.3) is 0 Å². The molecule has 1 atom stereocenters. The minimum absolute atomic E-state index is 0.0348. The molecule has 2 rings (SSSR count). The van der Waals surface area contributed by atoms with Crippen molar-refractivity contribution in [3.63, 3.8) is 0 Å². The van der Waals surface area contributed by atoms with Gasteiger partial charge in [-0.25, -0.2) is 8.42 Å². The molecule has 0 saturated heterocycles. The van der Waals surface area contributed by atoms with Gasteiger partial charge in [0.2, 0.25) is 21.8 Å². The van der Waals surface area contributed by atoms with Crippen LogP contribution in [0.15, 0.2) is 36.4 Å². The first-order valence-corrected chi connectivity index (χ1v) is 13.7. The molecule has 2 aromatic rings. The summed E-state index contributed by atoms with van der Waals surface area (Å²) >= 11 is 12.3. The number of hydrogen-bond donors (Lipinski definition) is 1. The van der Waals surface area contributed by atoms with Crippen molar-refractivity contribution in [3.05, 3.63) is 52.0 Å².